The second-order valence-corrected chi connectivity index (χ2v) is 7.45. The van der Waals surface area contributed by atoms with Crippen LogP contribution in [0.4, 0.5) is 5.69 Å². The average Bonchev–Trinajstić information content (AvgIpc) is 2.75. The Hall–Kier alpha value is -2.86. The van der Waals surface area contributed by atoms with Gasteiger partial charge in [-0.15, -0.1) is 0 Å². The number of aliphatic hydroxyl groups excluding tert-OH is 1. The molecule has 0 radical (unpaired) electrons. The van der Waals surface area contributed by atoms with Gasteiger partial charge in [-0.05, 0) is 42.8 Å². The average molecular weight is 425 g/mol. The van der Waals surface area contributed by atoms with Crippen LogP contribution in [0, 0.1) is 6.92 Å². The van der Waals surface area contributed by atoms with Crippen molar-refractivity contribution < 1.29 is 14.6 Å². The quantitative estimate of drug-likeness (QED) is 0.473. The first-order chi connectivity index (χ1) is 14.5. The minimum atomic E-state index is -0.616. The molecule has 3 N–H and O–H groups in total. The number of benzene rings is 3. The van der Waals surface area contributed by atoms with E-state index in [1.54, 1.807) is 18.2 Å². The maximum atomic E-state index is 12.2. The maximum absolute atomic E-state index is 12.2. The highest BCUT2D eigenvalue weighted by Crippen LogP contribution is 2.23. The lowest BCUT2D eigenvalue weighted by atomic mass is 10.1. The van der Waals surface area contributed by atoms with Gasteiger partial charge in [0.15, 0.2) is 6.61 Å². The maximum Gasteiger partial charge on any atom is 0.262 e. The Kier molecular flexibility index (Phi) is 7.85. The van der Waals surface area contributed by atoms with Crippen LogP contribution in [0.3, 0.4) is 0 Å². The molecular formula is C24H25ClN2O3. The Labute approximate surface area is 181 Å². The van der Waals surface area contributed by atoms with Crippen molar-refractivity contribution in [2.45, 2.75) is 19.6 Å². The largest absolute Gasteiger partial charge is 0.483 e. The van der Waals surface area contributed by atoms with E-state index in [4.69, 9.17) is 16.3 Å². The molecule has 0 bridgehead atoms. The summed E-state index contributed by atoms with van der Waals surface area (Å²) in [5, 5.41) is 16.9. The Morgan fingerprint density at radius 2 is 1.80 bits per heavy atom. The van der Waals surface area contributed by atoms with Gasteiger partial charge in [-0.2, -0.15) is 0 Å². The number of anilines is 1. The molecule has 0 spiro atoms. The Morgan fingerprint density at radius 3 is 2.53 bits per heavy atom. The summed E-state index contributed by atoms with van der Waals surface area (Å²) in [6.07, 6.45) is -0.616. The summed E-state index contributed by atoms with van der Waals surface area (Å²) in [5.41, 5.74) is 3.51. The summed E-state index contributed by atoms with van der Waals surface area (Å²) in [6, 6.07) is 22.3. The van der Waals surface area contributed by atoms with Gasteiger partial charge in [-0.1, -0.05) is 59.6 Å². The molecule has 0 heterocycles. The summed E-state index contributed by atoms with van der Waals surface area (Å²) in [6.45, 7) is 2.70. The van der Waals surface area contributed by atoms with Gasteiger partial charge < -0.3 is 20.5 Å². The standard InChI is InChI=1S/C24H25ClN2O3/c1-17-7-10-21(11-8-17)27-24(29)16-30-23-12-9-20(25)13-19(23)14-26-15-22(28)18-5-3-2-4-6-18/h2-13,22,26,28H,14-16H2,1H3,(H,27,29). The van der Waals surface area contributed by atoms with E-state index >= 15 is 0 Å². The number of hydrogen-bond donors (Lipinski definition) is 3. The monoisotopic (exact) mass is 424 g/mol. The summed E-state index contributed by atoms with van der Waals surface area (Å²) in [4.78, 5) is 12.2. The Morgan fingerprint density at radius 1 is 1.07 bits per heavy atom. The summed E-state index contributed by atoms with van der Waals surface area (Å²) in [5.74, 6) is 0.326. The van der Waals surface area contributed by atoms with Gasteiger partial charge >= 0.3 is 0 Å². The SMILES string of the molecule is Cc1ccc(NC(=O)COc2ccc(Cl)cc2CNCC(O)c2ccccc2)cc1. The first-order valence-electron chi connectivity index (χ1n) is 9.73. The molecule has 5 nitrogen and oxygen atoms in total. The Balaban J connectivity index is 1.54. The smallest absolute Gasteiger partial charge is 0.262 e. The van der Waals surface area contributed by atoms with Crippen molar-refractivity contribution in [2.24, 2.45) is 0 Å². The third-order valence-electron chi connectivity index (χ3n) is 4.55. The van der Waals surface area contributed by atoms with Crippen LogP contribution in [0.1, 0.15) is 22.8 Å². The lowest BCUT2D eigenvalue weighted by Gasteiger charge is -2.15. The Bertz CT molecular complexity index is 962. The van der Waals surface area contributed by atoms with Gasteiger partial charge in [0.2, 0.25) is 0 Å². The van der Waals surface area contributed by atoms with Crippen molar-refractivity contribution in [1.29, 1.82) is 0 Å². The lowest BCUT2D eigenvalue weighted by molar-refractivity contribution is -0.118. The van der Waals surface area contributed by atoms with Crippen molar-refractivity contribution in [2.75, 3.05) is 18.5 Å². The highest BCUT2D eigenvalue weighted by Gasteiger charge is 2.10. The first-order valence-corrected chi connectivity index (χ1v) is 10.1. The predicted octanol–water partition coefficient (Wildman–Crippen LogP) is 4.49. The van der Waals surface area contributed by atoms with Gasteiger partial charge in [-0.25, -0.2) is 0 Å². The van der Waals surface area contributed by atoms with Crippen molar-refractivity contribution >= 4 is 23.2 Å². The topological polar surface area (TPSA) is 70.6 Å². The third-order valence-corrected chi connectivity index (χ3v) is 4.79. The van der Waals surface area contributed by atoms with E-state index in [0.717, 1.165) is 22.4 Å². The van der Waals surface area contributed by atoms with E-state index < -0.39 is 6.10 Å². The van der Waals surface area contributed by atoms with Crippen LogP contribution in [0.5, 0.6) is 5.75 Å². The number of ether oxygens (including phenoxy) is 1. The van der Waals surface area contributed by atoms with E-state index in [1.165, 1.54) is 0 Å². The number of aryl methyl sites for hydroxylation is 1. The molecule has 1 amide bonds. The van der Waals surface area contributed by atoms with Crippen molar-refractivity contribution in [1.82, 2.24) is 5.32 Å². The summed E-state index contributed by atoms with van der Waals surface area (Å²) in [7, 11) is 0. The summed E-state index contributed by atoms with van der Waals surface area (Å²) < 4.78 is 5.72. The molecule has 0 saturated heterocycles. The second-order valence-electron chi connectivity index (χ2n) is 7.01. The molecule has 0 aromatic heterocycles. The number of carbonyl (C=O) groups excluding carboxylic acids is 1. The van der Waals surface area contributed by atoms with Crippen LogP contribution in [-0.2, 0) is 11.3 Å². The van der Waals surface area contributed by atoms with Gasteiger partial charge in [0.1, 0.15) is 5.75 Å². The van der Waals surface area contributed by atoms with E-state index in [0.29, 0.717) is 23.9 Å². The van der Waals surface area contributed by atoms with Crippen LogP contribution in [0.15, 0.2) is 72.8 Å². The zero-order valence-corrected chi connectivity index (χ0v) is 17.5. The molecule has 1 unspecified atom stereocenters. The summed E-state index contributed by atoms with van der Waals surface area (Å²) >= 11 is 6.12. The second kappa shape index (κ2) is 10.8. The molecule has 0 aliphatic carbocycles. The third kappa shape index (κ3) is 6.59. The molecule has 0 aliphatic rings. The first kappa shape index (κ1) is 21.8. The minimum Gasteiger partial charge on any atom is -0.483 e. The fraction of sp³-hybridized carbons (Fsp3) is 0.208. The highest BCUT2D eigenvalue weighted by molar-refractivity contribution is 6.30. The van der Waals surface area contributed by atoms with Crippen LogP contribution >= 0.6 is 11.6 Å². The van der Waals surface area contributed by atoms with Gasteiger partial charge in [-0.3, -0.25) is 4.79 Å². The predicted molar refractivity (Wildman–Crippen MR) is 120 cm³/mol. The molecule has 3 aromatic rings. The van der Waals surface area contributed by atoms with E-state index in [9.17, 15) is 9.90 Å². The van der Waals surface area contributed by atoms with Gasteiger partial charge in [0.05, 0.1) is 6.10 Å². The van der Waals surface area contributed by atoms with E-state index in [-0.39, 0.29) is 12.5 Å². The molecule has 6 heteroatoms. The number of rotatable bonds is 9. The van der Waals surface area contributed by atoms with E-state index in [2.05, 4.69) is 10.6 Å². The zero-order chi connectivity index (χ0) is 21.3. The number of hydrogen-bond acceptors (Lipinski definition) is 4. The van der Waals surface area contributed by atoms with Crippen LogP contribution in [0.2, 0.25) is 5.02 Å². The highest BCUT2D eigenvalue weighted by atomic mass is 35.5. The zero-order valence-electron chi connectivity index (χ0n) is 16.8. The lowest BCUT2D eigenvalue weighted by Crippen LogP contribution is -2.23. The van der Waals surface area contributed by atoms with Crippen molar-refractivity contribution in [3.63, 3.8) is 0 Å². The number of amides is 1. The molecule has 0 aliphatic heterocycles. The van der Waals surface area contributed by atoms with Crippen molar-refractivity contribution in [3.8, 4) is 5.75 Å². The fourth-order valence-corrected chi connectivity index (χ4v) is 3.14. The number of nitrogens with one attached hydrogen (secondary N) is 2. The van der Waals surface area contributed by atoms with Crippen LogP contribution < -0.4 is 15.4 Å². The molecule has 3 aromatic carbocycles. The van der Waals surface area contributed by atoms with Crippen LogP contribution in [0.25, 0.3) is 0 Å². The van der Waals surface area contributed by atoms with Crippen LogP contribution in [-0.4, -0.2) is 24.2 Å². The molecule has 30 heavy (non-hydrogen) atoms. The molecule has 0 fully saturated rings. The molecule has 0 saturated carbocycles. The van der Waals surface area contributed by atoms with E-state index in [1.807, 2.05) is 61.5 Å². The molecule has 3 rings (SSSR count). The molecule has 156 valence electrons. The van der Waals surface area contributed by atoms with Crippen molar-refractivity contribution in [3.05, 3.63) is 94.5 Å². The normalized spacial score (nSPS) is 11.7. The molecule has 1 atom stereocenters. The molecular weight excluding hydrogens is 400 g/mol. The number of halogens is 1. The van der Waals surface area contributed by atoms with Gasteiger partial charge in [0.25, 0.3) is 5.91 Å². The number of aliphatic hydroxyl groups is 1. The van der Waals surface area contributed by atoms with Gasteiger partial charge in [0, 0.05) is 29.4 Å². The number of carbonyl (C=O) groups is 1. The minimum absolute atomic E-state index is 0.116. The fourth-order valence-electron chi connectivity index (χ4n) is 2.94.